The topological polar surface area (TPSA) is 0 Å². The van der Waals surface area contributed by atoms with Crippen LogP contribution in [0.3, 0.4) is 0 Å². The molecule has 0 N–H and O–H groups in total. The zero-order valence-electron chi connectivity index (χ0n) is 13.2. The molecule has 0 saturated heterocycles. The second kappa shape index (κ2) is 5.73. The Morgan fingerprint density at radius 3 is 2.00 bits per heavy atom. The van der Waals surface area contributed by atoms with Gasteiger partial charge in [-0.3, -0.25) is 0 Å². The SMILES string of the molecule is Cc1ccc2c(-c3ccc(-c4ccccc4)cc3)cccc2c1. The predicted octanol–water partition coefficient (Wildman–Crippen LogP) is 6.48. The van der Waals surface area contributed by atoms with Gasteiger partial charge in [0.05, 0.1) is 0 Å². The number of fused-ring (bicyclic) bond motifs is 1. The maximum atomic E-state index is 2.25. The third-order valence-electron chi connectivity index (χ3n) is 4.34. The van der Waals surface area contributed by atoms with Gasteiger partial charge in [0.1, 0.15) is 0 Å². The molecule has 0 heteroatoms. The Kier molecular flexibility index (Phi) is 3.44. The van der Waals surface area contributed by atoms with Crippen LogP contribution in [0.1, 0.15) is 5.56 Å². The second-order valence-corrected chi connectivity index (χ2v) is 5.97. The van der Waals surface area contributed by atoms with Crippen molar-refractivity contribution in [3.05, 3.63) is 96.6 Å². The molecule has 0 radical (unpaired) electrons. The molecule has 0 aliphatic heterocycles. The van der Waals surface area contributed by atoms with Crippen LogP contribution in [0.2, 0.25) is 0 Å². The summed E-state index contributed by atoms with van der Waals surface area (Å²) in [5.41, 5.74) is 6.37. The summed E-state index contributed by atoms with van der Waals surface area (Å²) in [7, 11) is 0. The Bertz CT molecular complexity index is 948. The molecule has 0 spiro atoms. The molecule has 0 amide bonds. The highest BCUT2D eigenvalue weighted by atomic mass is 14.1. The van der Waals surface area contributed by atoms with E-state index in [1.807, 2.05) is 0 Å². The lowest BCUT2D eigenvalue weighted by Gasteiger charge is -2.09. The van der Waals surface area contributed by atoms with E-state index in [2.05, 4.69) is 97.9 Å². The van der Waals surface area contributed by atoms with Gasteiger partial charge < -0.3 is 0 Å². The van der Waals surface area contributed by atoms with E-state index in [1.54, 1.807) is 0 Å². The summed E-state index contributed by atoms with van der Waals surface area (Å²) in [4.78, 5) is 0. The van der Waals surface area contributed by atoms with E-state index in [9.17, 15) is 0 Å². The molecule has 23 heavy (non-hydrogen) atoms. The Labute approximate surface area is 137 Å². The van der Waals surface area contributed by atoms with Crippen LogP contribution in [0.5, 0.6) is 0 Å². The Hall–Kier alpha value is -2.86. The fourth-order valence-corrected chi connectivity index (χ4v) is 3.13. The summed E-state index contributed by atoms with van der Waals surface area (Å²) in [5.74, 6) is 0. The van der Waals surface area contributed by atoms with Crippen molar-refractivity contribution in [2.75, 3.05) is 0 Å². The van der Waals surface area contributed by atoms with Crippen LogP contribution in [0.4, 0.5) is 0 Å². The van der Waals surface area contributed by atoms with Crippen LogP contribution in [-0.2, 0) is 0 Å². The highest BCUT2D eigenvalue weighted by molar-refractivity contribution is 5.97. The first-order valence-corrected chi connectivity index (χ1v) is 7.96. The molecule has 0 aliphatic carbocycles. The molecule has 4 rings (SSSR count). The third-order valence-corrected chi connectivity index (χ3v) is 4.34. The monoisotopic (exact) mass is 294 g/mol. The highest BCUT2D eigenvalue weighted by Crippen LogP contribution is 2.30. The van der Waals surface area contributed by atoms with Crippen molar-refractivity contribution >= 4 is 10.8 Å². The molecule has 0 nitrogen and oxygen atoms in total. The zero-order valence-corrected chi connectivity index (χ0v) is 13.2. The number of hydrogen-bond donors (Lipinski definition) is 0. The van der Waals surface area contributed by atoms with E-state index in [-0.39, 0.29) is 0 Å². The van der Waals surface area contributed by atoms with Gasteiger partial charge in [0.2, 0.25) is 0 Å². The fourth-order valence-electron chi connectivity index (χ4n) is 3.13. The average molecular weight is 294 g/mol. The van der Waals surface area contributed by atoms with Gasteiger partial charge in [-0.05, 0) is 39.9 Å². The van der Waals surface area contributed by atoms with E-state index < -0.39 is 0 Å². The minimum absolute atomic E-state index is 1.26. The number of hydrogen-bond acceptors (Lipinski definition) is 0. The zero-order chi connectivity index (χ0) is 15.6. The largest absolute Gasteiger partial charge is 0.0622 e. The average Bonchev–Trinajstić information content (AvgIpc) is 2.62. The number of aryl methyl sites for hydroxylation is 1. The van der Waals surface area contributed by atoms with Gasteiger partial charge in [-0.2, -0.15) is 0 Å². The minimum Gasteiger partial charge on any atom is -0.0622 e. The van der Waals surface area contributed by atoms with Crippen LogP contribution in [0, 0.1) is 6.92 Å². The predicted molar refractivity (Wildman–Crippen MR) is 99.6 cm³/mol. The van der Waals surface area contributed by atoms with Crippen LogP contribution < -0.4 is 0 Å². The highest BCUT2D eigenvalue weighted by Gasteiger charge is 2.04. The molecule has 0 atom stereocenters. The Balaban J connectivity index is 1.80. The van der Waals surface area contributed by atoms with Crippen LogP contribution >= 0.6 is 0 Å². The molecule has 0 saturated carbocycles. The summed E-state index contributed by atoms with van der Waals surface area (Å²) in [6.45, 7) is 2.14. The molecule has 110 valence electrons. The van der Waals surface area contributed by atoms with Crippen molar-refractivity contribution in [2.24, 2.45) is 0 Å². The van der Waals surface area contributed by atoms with E-state index in [4.69, 9.17) is 0 Å². The van der Waals surface area contributed by atoms with Crippen molar-refractivity contribution in [3.63, 3.8) is 0 Å². The maximum Gasteiger partial charge on any atom is -0.0105 e. The van der Waals surface area contributed by atoms with Crippen molar-refractivity contribution in [1.29, 1.82) is 0 Å². The minimum atomic E-state index is 1.26. The molecule has 0 aliphatic rings. The molecule has 4 aromatic carbocycles. The van der Waals surface area contributed by atoms with Gasteiger partial charge in [0.15, 0.2) is 0 Å². The van der Waals surface area contributed by atoms with Gasteiger partial charge in [0, 0.05) is 0 Å². The van der Waals surface area contributed by atoms with Gasteiger partial charge in [-0.25, -0.2) is 0 Å². The number of benzene rings is 4. The van der Waals surface area contributed by atoms with E-state index in [1.165, 1.54) is 38.6 Å². The summed E-state index contributed by atoms with van der Waals surface area (Å²) in [6, 6.07) is 32.5. The smallest absolute Gasteiger partial charge is 0.0105 e. The van der Waals surface area contributed by atoms with Crippen LogP contribution in [-0.4, -0.2) is 0 Å². The lowest BCUT2D eigenvalue weighted by molar-refractivity contribution is 1.50. The standard InChI is InChI=1S/C23H18/c1-17-10-15-23-21(16-17)8-5-9-22(23)20-13-11-19(12-14-20)18-6-3-2-4-7-18/h2-16H,1H3. The number of rotatable bonds is 2. The van der Waals surface area contributed by atoms with Gasteiger partial charge >= 0.3 is 0 Å². The first kappa shape index (κ1) is 13.8. The molecule has 0 bridgehead atoms. The quantitative estimate of drug-likeness (QED) is 0.397. The molecular weight excluding hydrogens is 276 g/mol. The lowest BCUT2D eigenvalue weighted by Crippen LogP contribution is -1.83. The van der Waals surface area contributed by atoms with Crippen molar-refractivity contribution < 1.29 is 0 Å². The lowest BCUT2D eigenvalue weighted by atomic mass is 9.95. The summed E-state index contributed by atoms with van der Waals surface area (Å²) in [6.07, 6.45) is 0. The van der Waals surface area contributed by atoms with Crippen molar-refractivity contribution in [2.45, 2.75) is 6.92 Å². The fraction of sp³-hybridized carbons (Fsp3) is 0.0435. The summed E-state index contributed by atoms with van der Waals surface area (Å²) < 4.78 is 0. The molecule has 0 heterocycles. The molecule has 0 unspecified atom stereocenters. The molecular formula is C23H18. The first-order valence-electron chi connectivity index (χ1n) is 7.96. The molecule has 4 aromatic rings. The van der Waals surface area contributed by atoms with E-state index in [0.717, 1.165) is 0 Å². The summed E-state index contributed by atoms with van der Waals surface area (Å²) >= 11 is 0. The first-order chi connectivity index (χ1) is 11.3. The Morgan fingerprint density at radius 1 is 0.522 bits per heavy atom. The molecule has 0 aromatic heterocycles. The summed E-state index contributed by atoms with van der Waals surface area (Å²) in [5, 5.41) is 2.61. The van der Waals surface area contributed by atoms with Gasteiger partial charge in [-0.15, -0.1) is 0 Å². The van der Waals surface area contributed by atoms with Crippen molar-refractivity contribution in [3.8, 4) is 22.3 Å². The third kappa shape index (κ3) is 2.64. The molecule has 0 fully saturated rings. The maximum absolute atomic E-state index is 2.25. The van der Waals surface area contributed by atoms with Crippen LogP contribution in [0.15, 0.2) is 91.0 Å². The second-order valence-electron chi connectivity index (χ2n) is 5.97. The van der Waals surface area contributed by atoms with E-state index >= 15 is 0 Å². The van der Waals surface area contributed by atoms with Crippen molar-refractivity contribution in [1.82, 2.24) is 0 Å². The van der Waals surface area contributed by atoms with E-state index in [0.29, 0.717) is 0 Å². The van der Waals surface area contributed by atoms with Gasteiger partial charge in [-0.1, -0.05) is 96.6 Å². The van der Waals surface area contributed by atoms with Gasteiger partial charge in [0.25, 0.3) is 0 Å². The normalized spacial score (nSPS) is 10.8. The Morgan fingerprint density at radius 2 is 1.22 bits per heavy atom. The van der Waals surface area contributed by atoms with Crippen LogP contribution in [0.25, 0.3) is 33.0 Å².